The number of hydrogen-bond donors (Lipinski definition) is 2. The largest absolute Gasteiger partial charge is 0.494 e. The van der Waals surface area contributed by atoms with E-state index in [-0.39, 0.29) is 11.0 Å². The minimum Gasteiger partial charge on any atom is -0.494 e. The molecule has 0 fully saturated rings. The van der Waals surface area contributed by atoms with Gasteiger partial charge in [0, 0.05) is 18.4 Å². The summed E-state index contributed by atoms with van der Waals surface area (Å²) < 4.78 is 16.7. The van der Waals surface area contributed by atoms with Crippen molar-refractivity contribution in [2.24, 2.45) is 0 Å². The molecule has 2 rings (SSSR count). The van der Waals surface area contributed by atoms with E-state index in [1.807, 2.05) is 24.3 Å². The Morgan fingerprint density at radius 2 is 1.82 bits per heavy atom. The Labute approximate surface area is 178 Å². The van der Waals surface area contributed by atoms with Crippen molar-refractivity contribution in [3.63, 3.8) is 0 Å². The summed E-state index contributed by atoms with van der Waals surface area (Å²) >= 11 is 8.63. The maximum absolute atomic E-state index is 12.4. The van der Waals surface area contributed by atoms with Crippen LogP contribution in [0.2, 0.25) is 0 Å². The lowest BCUT2D eigenvalue weighted by Crippen LogP contribution is -2.34. The van der Waals surface area contributed by atoms with Gasteiger partial charge in [0.05, 0.1) is 17.7 Å². The lowest BCUT2D eigenvalue weighted by Gasteiger charge is -2.12. The second-order valence-corrected chi connectivity index (χ2v) is 7.03. The molecule has 0 aliphatic carbocycles. The van der Waals surface area contributed by atoms with Crippen LogP contribution in [-0.4, -0.2) is 38.0 Å². The van der Waals surface area contributed by atoms with E-state index in [9.17, 15) is 4.79 Å². The third kappa shape index (κ3) is 7.10. The van der Waals surface area contributed by atoms with Crippen LogP contribution < -0.4 is 20.1 Å². The van der Waals surface area contributed by atoms with Gasteiger partial charge < -0.3 is 19.5 Å². The van der Waals surface area contributed by atoms with Crippen LogP contribution in [-0.2, 0) is 4.74 Å². The van der Waals surface area contributed by atoms with Gasteiger partial charge in [0.25, 0.3) is 5.91 Å². The third-order valence-electron chi connectivity index (χ3n) is 3.55. The van der Waals surface area contributed by atoms with Crippen molar-refractivity contribution in [3.05, 3.63) is 52.5 Å². The highest BCUT2D eigenvalue weighted by atomic mass is 79.9. The fourth-order valence-electron chi connectivity index (χ4n) is 2.19. The van der Waals surface area contributed by atoms with Crippen molar-refractivity contribution in [2.45, 2.75) is 13.3 Å². The topological polar surface area (TPSA) is 68.8 Å². The molecule has 0 radical (unpaired) electrons. The highest BCUT2D eigenvalue weighted by Gasteiger charge is 2.11. The Bertz CT molecular complexity index is 799. The van der Waals surface area contributed by atoms with Gasteiger partial charge in [-0.05, 0) is 77.0 Å². The number of halogens is 1. The second-order valence-electron chi connectivity index (χ2n) is 5.77. The molecule has 0 bridgehead atoms. The van der Waals surface area contributed by atoms with Crippen LogP contribution in [0.4, 0.5) is 5.69 Å². The van der Waals surface area contributed by atoms with Crippen molar-refractivity contribution in [3.8, 4) is 11.5 Å². The van der Waals surface area contributed by atoms with E-state index in [2.05, 4.69) is 33.5 Å². The molecule has 2 aromatic carbocycles. The Morgan fingerprint density at radius 1 is 1.07 bits per heavy atom. The molecule has 0 aliphatic heterocycles. The fourth-order valence-corrected chi connectivity index (χ4v) is 2.89. The van der Waals surface area contributed by atoms with Crippen LogP contribution in [0.1, 0.15) is 23.7 Å². The van der Waals surface area contributed by atoms with Gasteiger partial charge >= 0.3 is 0 Å². The molecule has 0 aliphatic rings. The molecule has 0 unspecified atom stereocenters. The van der Waals surface area contributed by atoms with Gasteiger partial charge in [0.2, 0.25) is 0 Å². The van der Waals surface area contributed by atoms with Crippen LogP contribution in [0.3, 0.4) is 0 Å². The molecule has 0 spiro atoms. The minimum absolute atomic E-state index is 0.212. The van der Waals surface area contributed by atoms with Crippen molar-refractivity contribution < 1.29 is 19.0 Å². The summed E-state index contributed by atoms with van der Waals surface area (Å²) in [5.74, 6) is 1.12. The Morgan fingerprint density at radius 3 is 2.46 bits per heavy atom. The number of carbonyl (C=O) groups is 1. The molecule has 6 nitrogen and oxygen atoms in total. The molecule has 2 aromatic rings. The van der Waals surface area contributed by atoms with Gasteiger partial charge in [-0.3, -0.25) is 10.1 Å². The summed E-state index contributed by atoms with van der Waals surface area (Å²) in [4.78, 5) is 12.4. The minimum atomic E-state index is -0.315. The van der Waals surface area contributed by atoms with Crippen molar-refractivity contribution >= 4 is 44.9 Å². The van der Waals surface area contributed by atoms with Crippen LogP contribution in [0.5, 0.6) is 11.5 Å². The van der Waals surface area contributed by atoms with E-state index >= 15 is 0 Å². The highest BCUT2D eigenvalue weighted by Crippen LogP contribution is 2.26. The Kier molecular flexibility index (Phi) is 9.19. The normalized spacial score (nSPS) is 10.2. The predicted molar refractivity (Wildman–Crippen MR) is 117 cm³/mol. The zero-order valence-corrected chi connectivity index (χ0v) is 18.2. The van der Waals surface area contributed by atoms with E-state index in [4.69, 9.17) is 26.4 Å². The first-order valence-electron chi connectivity index (χ1n) is 8.80. The molecule has 0 saturated heterocycles. The van der Waals surface area contributed by atoms with Crippen LogP contribution in [0, 0.1) is 0 Å². The number of thiocarbonyl (C=S) groups is 1. The zero-order valence-electron chi connectivity index (χ0n) is 15.8. The SMILES string of the molecule is CCCOc1ccc(NC(=S)NC(=O)c2ccc(OCCOC)c(Br)c2)cc1. The second kappa shape index (κ2) is 11.6. The summed E-state index contributed by atoms with van der Waals surface area (Å²) in [6.45, 7) is 3.64. The molecular formula is C20H23BrN2O4S. The van der Waals surface area contributed by atoms with Gasteiger partial charge in [0.15, 0.2) is 5.11 Å². The highest BCUT2D eigenvalue weighted by molar-refractivity contribution is 9.10. The first kappa shape index (κ1) is 22.1. The Balaban J connectivity index is 1.89. The first-order chi connectivity index (χ1) is 13.5. The number of anilines is 1. The predicted octanol–water partition coefficient (Wildman–Crippen LogP) is 4.39. The number of benzene rings is 2. The molecule has 2 N–H and O–H groups in total. The number of methoxy groups -OCH3 is 1. The fraction of sp³-hybridized carbons (Fsp3) is 0.300. The molecule has 0 saturated carbocycles. The average molecular weight is 467 g/mol. The van der Waals surface area contributed by atoms with Crippen LogP contribution in [0.15, 0.2) is 46.9 Å². The molecule has 0 aromatic heterocycles. The van der Waals surface area contributed by atoms with Crippen molar-refractivity contribution in [1.82, 2.24) is 5.32 Å². The molecule has 8 heteroatoms. The van der Waals surface area contributed by atoms with E-state index in [0.29, 0.717) is 35.6 Å². The van der Waals surface area contributed by atoms with Crippen molar-refractivity contribution in [2.75, 3.05) is 32.2 Å². The van der Waals surface area contributed by atoms with Gasteiger partial charge in [-0.15, -0.1) is 0 Å². The number of hydrogen-bond acceptors (Lipinski definition) is 5. The number of rotatable bonds is 9. The monoisotopic (exact) mass is 466 g/mol. The summed E-state index contributed by atoms with van der Waals surface area (Å²) in [5.41, 5.74) is 1.22. The third-order valence-corrected chi connectivity index (χ3v) is 4.38. The molecule has 150 valence electrons. The van der Waals surface area contributed by atoms with Gasteiger partial charge in [0.1, 0.15) is 18.1 Å². The maximum Gasteiger partial charge on any atom is 0.257 e. The maximum atomic E-state index is 12.4. The van der Waals surface area contributed by atoms with Gasteiger partial charge in [-0.1, -0.05) is 6.92 Å². The lowest BCUT2D eigenvalue weighted by atomic mass is 10.2. The standard InChI is InChI=1S/C20H23BrN2O4S/c1-3-10-26-16-7-5-15(6-8-16)22-20(28)23-19(24)14-4-9-18(17(21)13-14)27-12-11-25-2/h4-9,13H,3,10-12H2,1-2H3,(H2,22,23,24,28). The number of carbonyl (C=O) groups excluding carboxylic acids is 1. The van der Waals surface area contributed by atoms with Gasteiger partial charge in [-0.25, -0.2) is 0 Å². The van der Waals surface area contributed by atoms with E-state index < -0.39 is 0 Å². The molecule has 0 atom stereocenters. The average Bonchev–Trinajstić information content (AvgIpc) is 2.68. The molecule has 28 heavy (non-hydrogen) atoms. The van der Waals surface area contributed by atoms with E-state index in [1.54, 1.807) is 25.3 Å². The lowest BCUT2D eigenvalue weighted by molar-refractivity contribution is 0.0977. The molecular weight excluding hydrogens is 444 g/mol. The van der Waals surface area contributed by atoms with Crippen molar-refractivity contribution in [1.29, 1.82) is 0 Å². The molecule has 1 amide bonds. The quantitative estimate of drug-likeness (QED) is 0.421. The number of amides is 1. The van der Waals surface area contributed by atoms with Gasteiger partial charge in [-0.2, -0.15) is 0 Å². The number of nitrogens with one attached hydrogen (secondary N) is 2. The smallest absolute Gasteiger partial charge is 0.257 e. The van der Waals surface area contributed by atoms with E-state index in [0.717, 1.165) is 17.9 Å². The summed E-state index contributed by atoms with van der Waals surface area (Å²) in [5, 5.41) is 5.85. The first-order valence-corrected chi connectivity index (χ1v) is 10.00. The molecule has 0 heterocycles. The zero-order chi connectivity index (χ0) is 20.4. The number of ether oxygens (including phenoxy) is 3. The summed E-state index contributed by atoms with van der Waals surface area (Å²) in [6.07, 6.45) is 0.951. The van der Waals surface area contributed by atoms with Crippen LogP contribution >= 0.6 is 28.1 Å². The Hall–Kier alpha value is -2.16. The summed E-state index contributed by atoms with van der Waals surface area (Å²) in [7, 11) is 1.61. The van der Waals surface area contributed by atoms with Crippen LogP contribution in [0.25, 0.3) is 0 Å². The summed E-state index contributed by atoms with van der Waals surface area (Å²) in [6, 6.07) is 12.5. The van der Waals surface area contributed by atoms with E-state index in [1.165, 1.54) is 0 Å².